The third-order valence-electron chi connectivity index (χ3n) is 4.40. The Balaban J connectivity index is 2.21. The van der Waals surface area contributed by atoms with Gasteiger partial charge in [0.15, 0.2) is 0 Å². The molecular formula is C20H27NO4S. The van der Waals surface area contributed by atoms with Crippen LogP contribution in [0.15, 0.2) is 41.3 Å². The summed E-state index contributed by atoms with van der Waals surface area (Å²) in [4.78, 5) is 0.283. The number of hydrogen-bond acceptors (Lipinski definition) is 4. The molecule has 0 bridgehead atoms. The highest BCUT2D eigenvalue weighted by atomic mass is 32.2. The van der Waals surface area contributed by atoms with Crippen LogP contribution < -0.4 is 4.72 Å². The number of aliphatic hydroxyl groups excluding tert-OH is 1. The molecule has 0 saturated heterocycles. The lowest BCUT2D eigenvalue weighted by Gasteiger charge is -2.19. The normalized spacial score (nSPS) is 13.0. The standard InChI is InChI=1S/C20H27NO4S/c1-14-5-7-18(8-6-14)19(25-10-9-22)13-21-26(23,24)20-12-16(3)15(2)11-17(20)4/h5-8,11-12,19,21-22H,9-10,13H2,1-4H3/t19-/m1/s1. The van der Waals surface area contributed by atoms with Crippen molar-refractivity contribution in [1.82, 2.24) is 4.72 Å². The van der Waals surface area contributed by atoms with E-state index in [0.717, 1.165) is 22.3 Å². The molecule has 0 unspecified atom stereocenters. The average molecular weight is 378 g/mol. The van der Waals surface area contributed by atoms with Crippen LogP contribution >= 0.6 is 0 Å². The first-order valence-corrected chi connectivity index (χ1v) is 10.1. The Bertz CT molecular complexity index is 845. The Morgan fingerprint density at radius 3 is 2.23 bits per heavy atom. The summed E-state index contributed by atoms with van der Waals surface area (Å²) in [6.45, 7) is 7.75. The van der Waals surface area contributed by atoms with Crippen molar-refractivity contribution in [2.24, 2.45) is 0 Å². The molecule has 2 aromatic carbocycles. The van der Waals surface area contributed by atoms with Gasteiger partial charge in [0.2, 0.25) is 10.0 Å². The van der Waals surface area contributed by atoms with E-state index >= 15 is 0 Å². The lowest BCUT2D eigenvalue weighted by atomic mass is 10.1. The fourth-order valence-electron chi connectivity index (χ4n) is 2.74. The SMILES string of the molecule is Cc1ccc([C@@H](CNS(=O)(=O)c2cc(C)c(C)cc2C)OCCO)cc1. The van der Waals surface area contributed by atoms with Gasteiger partial charge in [-0.2, -0.15) is 0 Å². The molecule has 142 valence electrons. The molecular weight excluding hydrogens is 350 g/mol. The minimum atomic E-state index is -3.66. The molecule has 26 heavy (non-hydrogen) atoms. The maximum Gasteiger partial charge on any atom is 0.240 e. The number of hydrogen-bond donors (Lipinski definition) is 2. The van der Waals surface area contributed by atoms with Crippen molar-refractivity contribution in [2.75, 3.05) is 19.8 Å². The fraction of sp³-hybridized carbons (Fsp3) is 0.400. The van der Waals surface area contributed by atoms with Gasteiger partial charge in [-0.1, -0.05) is 35.9 Å². The summed E-state index contributed by atoms with van der Waals surface area (Å²) in [6, 6.07) is 11.3. The number of aliphatic hydroxyl groups is 1. The van der Waals surface area contributed by atoms with Crippen molar-refractivity contribution in [3.63, 3.8) is 0 Å². The van der Waals surface area contributed by atoms with Crippen LogP contribution in [0.2, 0.25) is 0 Å². The molecule has 2 aromatic rings. The van der Waals surface area contributed by atoms with E-state index in [1.807, 2.05) is 51.1 Å². The summed E-state index contributed by atoms with van der Waals surface area (Å²) in [5.41, 5.74) is 4.68. The van der Waals surface area contributed by atoms with Crippen molar-refractivity contribution in [3.8, 4) is 0 Å². The molecule has 6 heteroatoms. The number of nitrogens with one attached hydrogen (secondary N) is 1. The number of ether oxygens (including phenoxy) is 1. The molecule has 1 atom stereocenters. The molecule has 0 fully saturated rings. The van der Waals surface area contributed by atoms with Crippen molar-refractivity contribution in [1.29, 1.82) is 0 Å². The van der Waals surface area contributed by atoms with Gasteiger partial charge in [-0.15, -0.1) is 0 Å². The molecule has 0 radical (unpaired) electrons. The molecule has 0 aliphatic heterocycles. The monoisotopic (exact) mass is 377 g/mol. The molecule has 0 aliphatic carbocycles. The summed E-state index contributed by atoms with van der Waals surface area (Å²) in [7, 11) is -3.66. The lowest BCUT2D eigenvalue weighted by molar-refractivity contribution is 0.0309. The van der Waals surface area contributed by atoms with Crippen molar-refractivity contribution < 1.29 is 18.3 Å². The smallest absolute Gasteiger partial charge is 0.240 e. The van der Waals surface area contributed by atoms with Gasteiger partial charge in [-0.05, 0) is 56.0 Å². The van der Waals surface area contributed by atoms with Crippen LogP contribution in [0.25, 0.3) is 0 Å². The van der Waals surface area contributed by atoms with Gasteiger partial charge in [-0.3, -0.25) is 0 Å². The summed E-state index contributed by atoms with van der Waals surface area (Å²) >= 11 is 0. The Morgan fingerprint density at radius 1 is 1.00 bits per heavy atom. The molecule has 2 rings (SSSR count). The van der Waals surface area contributed by atoms with Crippen LogP contribution in [0.4, 0.5) is 0 Å². The molecule has 2 N–H and O–H groups in total. The maximum absolute atomic E-state index is 12.8. The van der Waals surface area contributed by atoms with Gasteiger partial charge >= 0.3 is 0 Å². The number of sulfonamides is 1. The zero-order valence-electron chi connectivity index (χ0n) is 15.7. The summed E-state index contributed by atoms with van der Waals surface area (Å²) in [5, 5.41) is 9.04. The number of aryl methyl sites for hydroxylation is 4. The first kappa shape index (κ1) is 20.6. The zero-order chi connectivity index (χ0) is 19.3. The topological polar surface area (TPSA) is 75.6 Å². The summed E-state index contributed by atoms with van der Waals surface area (Å²) < 4.78 is 33.8. The first-order chi connectivity index (χ1) is 12.2. The van der Waals surface area contributed by atoms with E-state index in [1.165, 1.54) is 0 Å². The van der Waals surface area contributed by atoms with Gasteiger partial charge in [-0.25, -0.2) is 13.1 Å². The molecule has 5 nitrogen and oxygen atoms in total. The second-order valence-electron chi connectivity index (χ2n) is 6.55. The lowest BCUT2D eigenvalue weighted by Crippen LogP contribution is -2.30. The highest BCUT2D eigenvalue weighted by molar-refractivity contribution is 7.89. The maximum atomic E-state index is 12.8. The predicted molar refractivity (Wildman–Crippen MR) is 103 cm³/mol. The number of rotatable bonds is 8. The zero-order valence-corrected chi connectivity index (χ0v) is 16.6. The first-order valence-electron chi connectivity index (χ1n) is 8.61. The summed E-state index contributed by atoms with van der Waals surface area (Å²) in [6.07, 6.45) is -0.468. The van der Waals surface area contributed by atoms with Crippen LogP contribution in [0.3, 0.4) is 0 Å². The highest BCUT2D eigenvalue weighted by Gasteiger charge is 2.21. The minimum Gasteiger partial charge on any atom is -0.394 e. The van der Waals surface area contributed by atoms with E-state index in [4.69, 9.17) is 9.84 Å². The molecule has 0 spiro atoms. The Hall–Kier alpha value is -1.73. The Morgan fingerprint density at radius 2 is 1.62 bits per heavy atom. The van der Waals surface area contributed by atoms with Crippen LogP contribution in [-0.2, 0) is 14.8 Å². The second kappa shape index (κ2) is 8.77. The Kier molecular flexibility index (Phi) is 6.94. The van der Waals surface area contributed by atoms with E-state index in [0.29, 0.717) is 5.56 Å². The third kappa shape index (κ3) is 5.14. The average Bonchev–Trinajstić information content (AvgIpc) is 2.59. The fourth-order valence-corrected chi connectivity index (χ4v) is 4.08. The van der Waals surface area contributed by atoms with Crippen molar-refractivity contribution in [3.05, 3.63) is 64.2 Å². The molecule has 0 amide bonds. The Labute approximate surface area is 156 Å². The van der Waals surface area contributed by atoms with Gasteiger partial charge < -0.3 is 9.84 Å². The van der Waals surface area contributed by atoms with E-state index in [1.54, 1.807) is 13.0 Å². The van der Waals surface area contributed by atoms with Crippen LogP contribution in [0.5, 0.6) is 0 Å². The van der Waals surface area contributed by atoms with Gasteiger partial charge in [0.25, 0.3) is 0 Å². The quantitative estimate of drug-likeness (QED) is 0.742. The molecule has 0 saturated carbocycles. The van der Waals surface area contributed by atoms with Gasteiger partial charge in [0.1, 0.15) is 0 Å². The van der Waals surface area contributed by atoms with E-state index < -0.39 is 16.1 Å². The van der Waals surface area contributed by atoms with Crippen molar-refractivity contribution >= 4 is 10.0 Å². The van der Waals surface area contributed by atoms with Crippen LogP contribution in [-0.4, -0.2) is 33.3 Å². The molecule has 0 aliphatic rings. The number of benzene rings is 2. The van der Waals surface area contributed by atoms with Crippen molar-refractivity contribution in [2.45, 2.75) is 38.7 Å². The van der Waals surface area contributed by atoms with E-state index in [2.05, 4.69) is 4.72 Å². The van der Waals surface area contributed by atoms with Gasteiger partial charge in [0.05, 0.1) is 24.2 Å². The predicted octanol–water partition coefficient (Wildman–Crippen LogP) is 2.95. The largest absolute Gasteiger partial charge is 0.394 e. The summed E-state index contributed by atoms with van der Waals surface area (Å²) in [5.74, 6) is 0. The van der Waals surface area contributed by atoms with E-state index in [-0.39, 0.29) is 24.7 Å². The highest BCUT2D eigenvalue weighted by Crippen LogP contribution is 2.22. The van der Waals surface area contributed by atoms with Gasteiger partial charge in [0, 0.05) is 6.54 Å². The molecule has 0 aromatic heterocycles. The van der Waals surface area contributed by atoms with E-state index in [9.17, 15) is 8.42 Å². The molecule has 0 heterocycles. The second-order valence-corrected chi connectivity index (χ2v) is 8.28. The minimum absolute atomic E-state index is 0.0950. The van der Waals surface area contributed by atoms with Crippen LogP contribution in [0, 0.1) is 27.7 Å². The van der Waals surface area contributed by atoms with Crippen LogP contribution in [0.1, 0.15) is 33.9 Å². The third-order valence-corrected chi connectivity index (χ3v) is 5.96.